The van der Waals surface area contributed by atoms with Crippen LogP contribution in [-0.4, -0.2) is 36.1 Å². The van der Waals surface area contributed by atoms with Crippen molar-refractivity contribution in [3.05, 3.63) is 0 Å². The summed E-state index contributed by atoms with van der Waals surface area (Å²) in [5.74, 6) is 1.08. The lowest BCUT2D eigenvalue weighted by atomic mass is 9.78. The van der Waals surface area contributed by atoms with E-state index in [2.05, 4.69) is 17.1 Å². The van der Waals surface area contributed by atoms with Gasteiger partial charge in [0, 0.05) is 24.7 Å². The van der Waals surface area contributed by atoms with Gasteiger partial charge in [-0.2, -0.15) is 0 Å². The molecule has 1 N–H and O–H groups in total. The van der Waals surface area contributed by atoms with Crippen molar-refractivity contribution >= 4 is 0 Å². The molecule has 3 rings (SSSR count). The molecule has 1 unspecified atom stereocenters. The fourth-order valence-electron chi connectivity index (χ4n) is 4.02. The van der Waals surface area contributed by atoms with Crippen molar-refractivity contribution in [2.45, 2.75) is 76.3 Å². The van der Waals surface area contributed by atoms with E-state index in [1.54, 1.807) is 0 Å². The molecule has 3 fully saturated rings. The predicted molar refractivity (Wildman–Crippen MR) is 76.8 cm³/mol. The maximum Gasteiger partial charge on any atom is 0.0334 e. The van der Waals surface area contributed by atoms with Gasteiger partial charge in [-0.3, -0.25) is 4.90 Å². The molecule has 0 aromatic rings. The summed E-state index contributed by atoms with van der Waals surface area (Å²) in [7, 11) is 0. The summed E-state index contributed by atoms with van der Waals surface area (Å²) in [5.41, 5.74) is 0.540. The van der Waals surface area contributed by atoms with Gasteiger partial charge in [-0.1, -0.05) is 39.0 Å². The number of piperazine rings is 1. The third-order valence-electron chi connectivity index (χ3n) is 5.61. The Morgan fingerprint density at radius 2 is 1.94 bits per heavy atom. The molecule has 1 spiro atoms. The summed E-state index contributed by atoms with van der Waals surface area (Å²) in [6.45, 7) is 6.28. The minimum absolute atomic E-state index is 0.540. The Labute approximate surface area is 113 Å². The highest BCUT2D eigenvalue weighted by Gasteiger charge is 2.41. The molecule has 3 aliphatic rings. The van der Waals surface area contributed by atoms with Crippen molar-refractivity contribution in [2.24, 2.45) is 5.92 Å². The van der Waals surface area contributed by atoms with Crippen LogP contribution in [-0.2, 0) is 0 Å². The zero-order valence-electron chi connectivity index (χ0n) is 12.1. The van der Waals surface area contributed by atoms with Crippen molar-refractivity contribution in [1.82, 2.24) is 10.2 Å². The standard InChI is InChI=1S/C16H30N2/c1-2-15-12-18(11-8-14-6-7-14)16(13-17-15)9-4-3-5-10-16/h14-15,17H,2-13H2,1H3. The van der Waals surface area contributed by atoms with E-state index in [0.717, 1.165) is 12.0 Å². The molecular formula is C16H30N2. The maximum absolute atomic E-state index is 3.82. The average molecular weight is 250 g/mol. The first-order valence-corrected chi connectivity index (χ1v) is 8.31. The summed E-state index contributed by atoms with van der Waals surface area (Å²) >= 11 is 0. The second-order valence-electron chi connectivity index (χ2n) is 6.95. The van der Waals surface area contributed by atoms with Crippen LogP contribution in [0.4, 0.5) is 0 Å². The van der Waals surface area contributed by atoms with Crippen LogP contribution in [0.5, 0.6) is 0 Å². The molecule has 1 atom stereocenters. The number of nitrogens with zero attached hydrogens (tertiary/aromatic N) is 1. The van der Waals surface area contributed by atoms with Crippen LogP contribution in [0.25, 0.3) is 0 Å². The maximum atomic E-state index is 3.82. The number of hydrogen-bond donors (Lipinski definition) is 1. The van der Waals surface area contributed by atoms with Crippen molar-refractivity contribution in [2.75, 3.05) is 19.6 Å². The van der Waals surface area contributed by atoms with Gasteiger partial charge in [0.2, 0.25) is 0 Å². The summed E-state index contributed by atoms with van der Waals surface area (Å²) < 4.78 is 0. The number of hydrogen-bond acceptors (Lipinski definition) is 2. The van der Waals surface area contributed by atoms with E-state index in [0.29, 0.717) is 5.54 Å². The van der Waals surface area contributed by atoms with Crippen LogP contribution in [0.1, 0.15) is 64.7 Å². The van der Waals surface area contributed by atoms with E-state index >= 15 is 0 Å². The van der Waals surface area contributed by atoms with E-state index < -0.39 is 0 Å². The largest absolute Gasteiger partial charge is 0.311 e. The lowest BCUT2D eigenvalue weighted by Gasteiger charge is -2.52. The fraction of sp³-hybridized carbons (Fsp3) is 1.00. The van der Waals surface area contributed by atoms with Gasteiger partial charge in [0.05, 0.1) is 0 Å². The lowest BCUT2D eigenvalue weighted by molar-refractivity contribution is 0.00754. The number of nitrogens with one attached hydrogen (secondary N) is 1. The molecule has 2 saturated carbocycles. The van der Waals surface area contributed by atoms with Gasteiger partial charge in [-0.25, -0.2) is 0 Å². The number of rotatable bonds is 4. The molecule has 0 aromatic heterocycles. The second kappa shape index (κ2) is 5.50. The Morgan fingerprint density at radius 3 is 2.61 bits per heavy atom. The first-order chi connectivity index (χ1) is 8.82. The molecule has 0 amide bonds. The van der Waals surface area contributed by atoms with Crippen LogP contribution < -0.4 is 5.32 Å². The third-order valence-corrected chi connectivity index (χ3v) is 5.61. The Kier molecular flexibility index (Phi) is 3.95. The molecule has 104 valence electrons. The molecule has 0 bridgehead atoms. The summed E-state index contributed by atoms with van der Waals surface area (Å²) in [4.78, 5) is 2.90. The van der Waals surface area contributed by atoms with Crippen LogP contribution in [0.3, 0.4) is 0 Å². The molecule has 2 heteroatoms. The topological polar surface area (TPSA) is 15.3 Å². The van der Waals surface area contributed by atoms with E-state index in [4.69, 9.17) is 0 Å². The first kappa shape index (κ1) is 12.9. The van der Waals surface area contributed by atoms with Crippen LogP contribution in [0.15, 0.2) is 0 Å². The molecule has 2 nitrogen and oxygen atoms in total. The van der Waals surface area contributed by atoms with Crippen molar-refractivity contribution in [3.63, 3.8) is 0 Å². The second-order valence-corrected chi connectivity index (χ2v) is 6.95. The highest BCUT2D eigenvalue weighted by molar-refractivity contribution is 5.00. The SMILES string of the molecule is CCC1CN(CCC2CC2)C2(CCCCC2)CN1. The zero-order chi connectivity index (χ0) is 12.4. The Morgan fingerprint density at radius 1 is 1.17 bits per heavy atom. The molecule has 0 aromatic carbocycles. The summed E-state index contributed by atoms with van der Waals surface area (Å²) in [5, 5.41) is 3.82. The van der Waals surface area contributed by atoms with E-state index in [9.17, 15) is 0 Å². The van der Waals surface area contributed by atoms with E-state index in [-0.39, 0.29) is 0 Å². The van der Waals surface area contributed by atoms with Crippen LogP contribution in [0.2, 0.25) is 0 Å². The molecule has 0 radical (unpaired) electrons. The van der Waals surface area contributed by atoms with Gasteiger partial charge in [0.25, 0.3) is 0 Å². The van der Waals surface area contributed by atoms with Gasteiger partial charge in [0.1, 0.15) is 0 Å². The third kappa shape index (κ3) is 2.75. The van der Waals surface area contributed by atoms with Gasteiger partial charge in [-0.15, -0.1) is 0 Å². The minimum Gasteiger partial charge on any atom is -0.311 e. The summed E-state index contributed by atoms with van der Waals surface area (Å²) in [6, 6.07) is 0.747. The van der Waals surface area contributed by atoms with Crippen molar-refractivity contribution in [1.29, 1.82) is 0 Å². The van der Waals surface area contributed by atoms with E-state index in [1.807, 2.05) is 0 Å². The van der Waals surface area contributed by atoms with Gasteiger partial charge < -0.3 is 5.32 Å². The highest BCUT2D eigenvalue weighted by Crippen LogP contribution is 2.38. The molecule has 18 heavy (non-hydrogen) atoms. The monoisotopic (exact) mass is 250 g/mol. The molecule has 1 aliphatic heterocycles. The van der Waals surface area contributed by atoms with Gasteiger partial charge in [-0.05, 0) is 38.1 Å². The predicted octanol–water partition coefficient (Wildman–Crippen LogP) is 3.17. The van der Waals surface area contributed by atoms with Crippen molar-refractivity contribution < 1.29 is 0 Å². The zero-order valence-corrected chi connectivity index (χ0v) is 12.1. The van der Waals surface area contributed by atoms with Crippen LogP contribution in [0, 0.1) is 5.92 Å². The average Bonchev–Trinajstić information content (AvgIpc) is 3.23. The van der Waals surface area contributed by atoms with Crippen molar-refractivity contribution in [3.8, 4) is 0 Å². The molecule has 1 heterocycles. The molecule has 1 saturated heterocycles. The fourth-order valence-corrected chi connectivity index (χ4v) is 4.02. The normalized spacial score (nSPS) is 32.8. The minimum atomic E-state index is 0.540. The smallest absolute Gasteiger partial charge is 0.0334 e. The molecular weight excluding hydrogens is 220 g/mol. The summed E-state index contributed by atoms with van der Waals surface area (Å²) in [6.07, 6.45) is 13.1. The Bertz CT molecular complexity index is 266. The lowest BCUT2D eigenvalue weighted by Crippen LogP contribution is -2.65. The molecule has 2 aliphatic carbocycles. The highest BCUT2D eigenvalue weighted by atomic mass is 15.3. The van der Waals surface area contributed by atoms with Gasteiger partial charge in [0.15, 0.2) is 0 Å². The Hall–Kier alpha value is -0.0800. The Balaban J connectivity index is 1.64. The van der Waals surface area contributed by atoms with E-state index in [1.165, 1.54) is 77.4 Å². The quantitative estimate of drug-likeness (QED) is 0.824. The first-order valence-electron chi connectivity index (χ1n) is 8.31. The van der Waals surface area contributed by atoms with Gasteiger partial charge >= 0.3 is 0 Å². The van der Waals surface area contributed by atoms with Crippen LogP contribution >= 0.6 is 0 Å².